The minimum Gasteiger partial charge on any atom is -0.370 e. The zero-order chi connectivity index (χ0) is 8.55. The molecule has 0 amide bonds. The van der Waals surface area contributed by atoms with E-state index in [1.54, 1.807) is 0 Å². The van der Waals surface area contributed by atoms with Crippen molar-refractivity contribution in [2.45, 2.75) is 26.7 Å². The lowest BCUT2D eigenvalue weighted by molar-refractivity contribution is 0.812. The molecule has 0 unspecified atom stereocenters. The number of fused-ring (bicyclic) bond motifs is 1. The molecule has 0 aliphatic carbocycles. The molecular weight excluding hydrogens is 148 g/mol. The Morgan fingerprint density at radius 3 is 3.08 bits per heavy atom. The molecule has 0 aromatic carbocycles. The SMILES string of the molecule is Cc1cc2c(nc1C)NCCC2. The van der Waals surface area contributed by atoms with E-state index in [2.05, 4.69) is 30.2 Å². The Balaban J connectivity index is 2.49. The third-order valence-electron chi connectivity index (χ3n) is 2.46. The summed E-state index contributed by atoms with van der Waals surface area (Å²) in [4.78, 5) is 4.50. The van der Waals surface area contributed by atoms with Crippen LogP contribution in [0, 0.1) is 13.8 Å². The molecule has 1 aliphatic rings. The van der Waals surface area contributed by atoms with Crippen LogP contribution in [0.2, 0.25) is 0 Å². The summed E-state index contributed by atoms with van der Waals surface area (Å²) in [6.45, 7) is 5.26. The van der Waals surface area contributed by atoms with Gasteiger partial charge in [0.2, 0.25) is 0 Å². The first-order chi connectivity index (χ1) is 5.77. The van der Waals surface area contributed by atoms with Crippen LogP contribution in [0.3, 0.4) is 0 Å². The monoisotopic (exact) mass is 162 g/mol. The number of nitrogens with zero attached hydrogens (tertiary/aromatic N) is 1. The van der Waals surface area contributed by atoms with E-state index < -0.39 is 0 Å². The second-order valence-electron chi connectivity index (χ2n) is 3.43. The molecule has 0 radical (unpaired) electrons. The lowest BCUT2D eigenvalue weighted by Crippen LogP contribution is -2.14. The van der Waals surface area contributed by atoms with E-state index in [0.29, 0.717) is 0 Å². The summed E-state index contributed by atoms with van der Waals surface area (Å²) in [6, 6.07) is 2.25. The lowest BCUT2D eigenvalue weighted by Gasteiger charge is -2.17. The Bertz CT molecular complexity index is 274. The van der Waals surface area contributed by atoms with Gasteiger partial charge < -0.3 is 5.32 Å². The molecule has 1 N–H and O–H groups in total. The van der Waals surface area contributed by atoms with Gasteiger partial charge in [0, 0.05) is 12.2 Å². The highest BCUT2D eigenvalue weighted by molar-refractivity contribution is 5.48. The molecule has 1 aromatic heterocycles. The van der Waals surface area contributed by atoms with Crippen molar-refractivity contribution in [2.75, 3.05) is 11.9 Å². The van der Waals surface area contributed by atoms with E-state index in [-0.39, 0.29) is 0 Å². The van der Waals surface area contributed by atoms with Gasteiger partial charge in [-0.25, -0.2) is 4.98 Å². The van der Waals surface area contributed by atoms with E-state index in [4.69, 9.17) is 0 Å². The average molecular weight is 162 g/mol. The van der Waals surface area contributed by atoms with Crippen molar-refractivity contribution in [2.24, 2.45) is 0 Å². The number of aromatic nitrogens is 1. The molecule has 0 atom stereocenters. The molecule has 12 heavy (non-hydrogen) atoms. The number of anilines is 1. The fraction of sp³-hybridized carbons (Fsp3) is 0.500. The second-order valence-corrected chi connectivity index (χ2v) is 3.43. The normalized spacial score (nSPS) is 15.2. The maximum absolute atomic E-state index is 4.50. The molecule has 0 saturated heterocycles. The van der Waals surface area contributed by atoms with Crippen LogP contribution >= 0.6 is 0 Å². The van der Waals surface area contributed by atoms with Crippen molar-refractivity contribution in [1.29, 1.82) is 0 Å². The topological polar surface area (TPSA) is 24.9 Å². The van der Waals surface area contributed by atoms with Crippen molar-refractivity contribution >= 4 is 5.82 Å². The van der Waals surface area contributed by atoms with Crippen molar-refractivity contribution in [3.63, 3.8) is 0 Å². The van der Waals surface area contributed by atoms with Crippen LogP contribution in [0.25, 0.3) is 0 Å². The van der Waals surface area contributed by atoms with Gasteiger partial charge in [-0.3, -0.25) is 0 Å². The van der Waals surface area contributed by atoms with Crippen LogP contribution in [0.5, 0.6) is 0 Å². The van der Waals surface area contributed by atoms with Gasteiger partial charge in [-0.15, -0.1) is 0 Å². The number of nitrogens with one attached hydrogen (secondary N) is 1. The fourth-order valence-corrected chi connectivity index (χ4v) is 1.59. The average Bonchev–Trinajstić information content (AvgIpc) is 2.07. The highest BCUT2D eigenvalue weighted by Gasteiger charge is 2.10. The summed E-state index contributed by atoms with van der Waals surface area (Å²) in [5, 5.41) is 3.32. The number of hydrogen-bond donors (Lipinski definition) is 1. The number of hydrogen-bond acceptors (Lipinski definition) is 2. The quantitative estimate of drug-likeness (QED) is 0.631. The molecule has 0 bridgehead atoms. The zero-order valence-electron chi connectivity index (χ0n) is 7.65. The van der Waals surface area contributed by atoms with Gasteiger partial charge in [0.05, 0.1) is 0 Å². The van der Waals surface area contributed by atoms with Gasteiger partial charge in [0.1, 0.15) is 5.82 Å². The summed E-state index contributed by atoms with van der Waals surface area (Å²) in [6.07, 6.45) is 2.41. The third-order valence-corrected chi connectivity index (χ3v) is 2.46. The predicted molar refractivity (Wildman–Crippen MR) is 50.5 cm³/mol. The molecule has 2 nitrogen and oxygen atoms in total. The molecule has 0 saturated carbocycles. The van der Waals surface area contributed by atoms with Crippen LogP contribution in [0.1, 0.15) is 23.2 Å². The summed E-state index contributed by atoms with van der Waals surface area (Å²) in [7, 11) is 0. The lowest BCUT2D eigenvalue weighted by atomic mass is 10.0. The van der Waals surface area contributed by atoms with Crippen LogP contribution in [-0.2, 0) is 6.42 Å². The maximum Gasteiger partial charge on any atom is 0.129 e. The molecule has 1 aliphatic heterocycles. The Hall–Kier alpha value is -1.05. The highest BCUT2D eigenvalue weighted by atomic mass is 15.0. The van der Waals surface area contributed by atoms with E-state index in [9.17, 15) is 0 Å². The molecule has 1 aromatic rings. The molecule has 0 spiro atoms. The van der Waals surface area contributed by atoms with E-state index in [1.165, 1.54) is 24.0 Å². The molecule has 2 heteroatoms. The first kappa shape index (κ1) is 7.59. The van der Waals surface area contributed by atoms with Gasteiger partial charge >= 0.3 is 0 Å². The van der Waals surface area contributed by atoms with E-state index in [0.717, 1.165) is 18.1 Å². The molecule has 2 rings (SSSR count). The first-order valence-corrected chi connectivity index (χ1v) is 4.48. The summed E-state index contributed by atoms with van der Waals surface area (Å²) < 4.78 is 0. The molecule has 2 heterocycles. The number of rotatable bonds is 0. The van der Waals surface area contributed by atoms with Gasteiger partial charge in [0.25, 0.3) is 0 Å². The highest BCUT2D eigenvalue weighted by Crippen LogP contribution is 2.21. The van der Waals surface area contributed by atoms with Crippen molar-refractivity contribution in [1.82, 2.24) is 4.98 Å². The Kier molecular flexibility index (Phi) is 1.75. The van der Waals surface area contributed by atoms with E-state index >= 15 is 0 Å². The predicted octanol–water partition coefficient (Wildman–Crippen LogP) is 2.06. The fourth-order valence-electron chi connectivity index (χ4n) is 1.59. The van der Waals surface area contributed by atoms with Crippen LogP contribution < -0.4 is 5.32 Å². The van der Waals surface area contributed by atoms with Crippen LogP contribution in [0.15, 0.2) is 6.07 Å². The van der Waals surface area contributed by atoms with Crippen molar-refractivity contribution in [3.8, 4) is 0 Å². The smallest absolute Gasteiger partial charge is 0.129 e. The summed E-state index contributed by atoms with van der Waals surface area (Å²) in [5.41, 5.74) is 3.82. The van der Waals surface area contributed by atoms with Crippen LogP contribution in [-0.4, -0.2) is 11.5 Å². The molecular formula is C10H14N2. The minimum absolute atomic E-state index is 1.07. The summed E-state index contributed by atoms with van der Waals surface area (Å²) >= 11 is 0. The largest absolute Gasteiger partial charge is 0.370 e. The van der Waals surface area contributed by atoms with Gasteiger partial charge in [-0.2, -0.15) is 0 Å². The van der Waals surface area contributed by atoms with Gasteiger partial charge in [-0.1, -0.05) is 6.07 Å². The van der Waals surface area contributed by atoms with Crippen LogP contribution in [0.4, 0.5) is 5.82 Å². The van der Waals surface area contributed by atoms with Crippen molar-refractivity contribution in [3.05, 3.63) is 22.9 Å². The minimum atomic E-state index is 1.07. The third kappa shape index (κ3) is 1.17. The first-order valence-electron chi connectivity index (χ1n) is 4.48. The van der Waals surface area contributed by atoms with Gasteiger partial charge in [-0.05, 0) is 37.8 Å². The van der Waals surface area contributed by atoms with E-state index in [1.807, 2.05) is 0 Å². The van der Waals surface area contributed by atoms with Crippen molar-refractivity contribution < 1.29 is 0 Å². The Morgan fingerprint density at radius 2 is 2.25 bits per heavy atom. The summed E-state index contributed by atoms with van der Waals surface area (Å²) in [5.74, 6) is 1.10. The Morgan fingerprint density at radius 1 is 1.42 bits per heavy atom. The second kappa shape index (κ2) is 2.77. The molecule has 0 fully saturated rings. The number of aryl methyl sites for hydroxylation is 3. The van der Waals surface area contributed by atoms with Gasteiger partial charge in [0.15, 0.2) is 0 Å². The standard InChI is InChI=1S/C10H14N2/c1-7-6-9-4-3-5-11-10(9)12-8(7)2/h6H,3-5H2,1-2H3,(H,11,12). The Labute approximate surface area is 73.0 Å². The molecule has 64 valence electrons. The number of pyridine rings is 1. The zero-order valence-corrected chi connectivity index (χ0v) is 7.65. The maximum atomic E-state index is 4.50.